The summed E-state index contributed by atoms with van der Waals surface area (Å²) in [6.07, 6.45) is 0. The number of carbonyl (C=O) groups excluding carboxylic acids is 4. The van der Waals surface area contributed by atoms with Crippen molar-refractivity contribution in [3.63, 3.8) is 0 Å². The molecule has 0 spiro atoms. The molecule has 2 aliphatic heterocycles. The van der Waals surface area contributed by atoms with Crippen molar-refractivity contribution in [1.82, 2.24) is 5.42 Å². The van der Waals surface area contributed by atoms with Crippen LogP contribution in [0.25, 0.3) is 0 Å². The van der Waals surface area contributed by atoms with E-state index in [0.29, 0.717) is 22.3 Å². The molecule has 23 heavy (non-hydrogen) atoms. The van der Waals surface area contributed by atoms with Crippen LogP contribution in [0.15, 0.2) is 48.5 Å². The number of amides is 4. The molecule has 0 aliphatic carbocycles. The van der Waals surface area contributed by atoms with Crippen molar-refractivity contribution < 1.29 is 19.2 Å². The molecule has 2 radical (unpaired) electrons. The second kappa shape index (κ2) is 5.08. The van der Waals surface area contributed by atoms with Gasteiger partial charge in [0.1, 0.15) is 0 Å². The summed E-state index contributed by atoms with van der Waals surface area (Å²) in [6, 6.07) is 13.1. The maximum atomic E-state index is 12.4. The van der Waals surface area contributed by atoms with Crippen LogP contribution in [-0.4, -0.2) is 53.9 Å². The van der Waals surface area contributed by atoms with Crippen LogP contribution in [-0.2, 0) is 0 Å². The number of benzene rings is 2. The van der Waals surface area contributed by atoms with E-state index in [4.69, 9.17) is 0 Å². The molecule has 0 N–H and O–H groups in total. The van der Waals surface area contributed by atoms with E-state index in [2.05, 4.69) is 0 Å². The minimum atomic E-state index is -2.49. The molecule has 2 heterocycles. The van der Waals surface area contributed by atoms with Gasteiger partial charge in [-0.1, -0.05) is 0 Å². The predicted octanol–water partition coefficient (Wildman–Crippen LogP) is 1.11. The Labute approximate surface area is 143 Å². The number of hydrogen-bond acceptors (Lipinski definition) is 4. The molecule has 0 bridgehead atoms. The summed E-state index contributed by atoms with van der Waals surface area (Å²) in [6.45, 7) is 0. The molecule has 0 unspecified atom stereocenters. The van der Waals surface area contributed by atoms with Crippen molar-refractivity contribution in [2.45, 2.75) is 0 Å². The van der Waals surface area contributed by atoms with Crippen LogP contribution < -0.4 is 0 Å². The van der Waals surface area contributed by atoms with Gasteiger partial charge in [0, 0.05) is 0 Å². The second-order valence-corrected chi connectivity index (χ2v) is 9.34. The molecule has 0 saturated carbocycles. The van der Waals surface area contributed by atoms with Gasteiger partial charge in [-0.15, -0.1) is 0 Å². The van der Waals surface area contributed by atoms with E-state index in [1.54, 1.807) is 48.5 Å². The zero-order valence-electron chi connectivity index (χ0n) is 11.6. The average Bonchev–Trinajstić information content (AvgIpc) is 2.97. The van der Waals surface area contributed by atoms with E-state index >= 15 is 0 Å². The average molecular weight is 499 g/mol. The van der Waals surface area contributed by atoms with E-state index in [1.807, 2.05) is 0 Å². The Morgan fingerprint density at radius 2 is 0.783 bits per heavy atom. The van der Waals surface area contributed by atoms with Gasteiger partial charge < -0.3 is 0 Å². The van der Waals surface area contributed by atoms with Crippen molar-refractivity contribution in [1.29, 1.82) is 0 Å². The van der Waals surface area contributed by atoms with Gasteiger partial charge in [-0.25, -0.2) is 0 Å². The number of rotatable bonds is 2. The van der Waals surface area contributed by atoms with E-state index in [1.165, 1.54) is 0 Å². The number of imide groups is 2. The Hall–Kier alpha value is -2.36. The summed E-state index contributed by atoms with van der Waals surface area (Å²) in [4.78, 5) is 49.5. The van der Waals surface area contributed by atoms with E-state index < -0.39 is 48.5 Å². The SMILES string of the molecule is O=C1c2ccccc2C(=O)[N]1[Pb][N]1C(=O)c2ccccc2C1=O. The van der Waals surface area contributed by atoms with E-state index in [-0.39, 0.29) is 0 Å². The zero-order valence-corrected chi connectivity index (χ0v) is 15.5. The first kappa shape index (κ1) is 14.2. The molecule has 0 fully saturated rings. The Morgan fingerprint density at radius 3 is 1.04 bits per heavy atom. The van der Waals surface area contributed by atoms with Gasteiger partial charge in [0.25, 0.3) is 0 Å². The van der Waals surface area contributed by atoms with Crippen LogP contribution >= 0.6 is 0 Å². The Bertz CT molecular complexity index is 765. The van der Waals surface area contributed by atoms with Crippen molar-refractivity contribution in [2.75, 3.05) is 0 Å². The number of hydrogen-bond donors (Lipinski definition) is 0. The van der Waals surface area contributed by atoms with Gasteiger partial charge in [0.2, 0.25) is 0 Å². The minimum absolute atomic E-state index is 0.335. The van der Waals surface area contributed by atoms with Gasteiger partial charge >= 0.3 is 144 Å². The number of fused-ring (bicyclic) bond motifs is 2. The van der Waals surface area contributed by atoms with Crippen LogP contribution in [0.2, 0.25) is 0 Å². The maximum absolute atomic E-state index is 12.4. The van der Waals surface area contributed by atoms with Crippen LogP contribution in [0, 0.1) is 0 Å². The van der Waals surface area contributed by atoms with E-state index in [0.717, 1.165) is 5.42 Å². The van der Waals surface area contributed by atoms with Gasteiger partial charge in [0.15, 0.2) is 0 Å². The summed E-state index contributed by atoms with van der Waals surface area (Å²) in [7, 11) is 0. The molecule has 0 saturated heterocycles. The monoisotopic (exact) mass is 500 g/mol. The third kappa shape index (κ3) is 1.97. The van der Waals surface area contributed by atoms with Crippen molar-refractivity contribution in [3.05, 3.63) is 70.8 Å². The first-order valence-electron chi connectivity index (χ1n) is 6.81. The van der Waals surface area contributed by atoms with Crippen molar-refractivity contribution in [2.24, 2.45) is 0 Å². The Balaban J connectivity index is 1.66. The van der Waals surface area contributed by atoms with Gasteiger partial charge in [0.05, 0.1) is 0 Å². The number of nitrogens with zero attached hydrogens (tertiary/aromatic N) is 2. The fourth-order valence-electron chi connectivity index (χ4n) is 2.66. The zero-order chi connectivity index (χ0) is 16.1. The molecular formula is C16H8N2O4Pb. The Kier molecular flexibility index (Phi) is 3.15. The summed E-state index contributed by atoms with van der Waals surface area (Å²) in [5.74, 6) is -1.65. The summed E-state index contributed by atoms with van der Waals surface area (Å²) >= 11 is -2.49. The topological polar surface area (TPSA) is 74.8 Å². The molecule has 2 aliphatic rings. The van der Waals surface area contributed by atoms with Crippen LogP contribution in [0.3, 0.4) is 0 Å². The van der Waals surface area contributed by atoms with E-state index in [9.17, 15) is 19.2 Å². The Morgan fingerprint density at radius 1 is 0.522 bits per heavy atom. The molecule has 4 amide bonds. The first-order valence-corrected chi connectivity index (χ1v) is 10.3. The van der Waals surface area contributed by atoms with Crippen molar-refractivity contribution >= 4 is 48.5 Å². The molecule has 4 rings (SSSR count). The fourth-order valence-corrected chi connectivity index (χ4v) is 6.72. The second-order valence-electron chi connectivity index (χ2n) is 5.08. The van der Waals surface area contributed by atoms with Crippen LogP contribution in [0.5, 0.6) is 0 Å². The standard InChI is InChI=1S/2C8H5NO2.Pb/c2*10-7-5-3-1-2-4-6(5)8(11)9-7;/h2*1-4H,(H,9,10,11);/q;;+2/p-2. The van der Waals surface area contributed by atoms with Gasteiger partial charge in [-0.3, -0.25) is 0 Å². The van der Waals surface area contributed by atoms with Crippen LogP contribution in [0.1, 0.15) is 41.4 Å². The molecular weight excluding hydrogens is 491 g/mol. The normalized spacial score (nSPS) is 16.2. The summed E-state index contributed by atoms with van der Waals surface area (Å²) in [5, 5.41) is 0. The molecule has 6 nitrogen and oxygen atoms in total. The molecule has 0 aromatic heterocycles. The molecule has 2 aromatic carbocycles. The van der Waals surface area contributed by atoms with Crippen molar-refractivity contribution in [3.8, 4) is 0 Å². The predicted molar refractivity (Wildman–Crippen MR) is 79.6 cm³/mol. The third-order valence-corrected chi connectivity index (χ3v) is 8.50. The number of carbonyl (C=O) groups is 4. The third-order valence-electron chi connectivity index (χ3n) is 3.79. The fraction of sp³-hybridized carbons (Fsp3) is 0. The summed E-state index contributed by atoms with van der Waals surface area (Å²) in [5.41, 5.74) is 1.34. The van der Waals surface area contributed by atoms with Gasteiger partial charge in [-0.2, -0.15) is 0 Å². The quantitative estimate of drug-likeness (QED) is 0.459. The summed E-state index contributed by atoms with van der Waals surface area (Å²) < 4.78 is 2.23. The molecule has 2 aromatic rings. The molecule has 0 atom stereocenters. The van der Waals surface area contributed by atoms with Crippen LogP contribution in [0.4, 0.5) is 0 Å². The molecule has 7 heteroatoms. The van der Waals surface area contributed by atoms with Gasteiger partial charge in [-0.05, 0) is 0 Å². The molecule has 110 valence electrons. The first-order chi connectivity index (χ1) is 11.1.